The Morgan fingerprint density at radius 2 is 1.90 bits per heavy atom. The lowest BCUT2D eigenvalue weighted by molar-refractivity contribution is -0.141. The highest BCUT2D eigenvalue weighted by Gasteiger charge is 2.31. The van der Waals surface area contributed by atoms with Crippen molar-refractivity contribution in [1.29, 1.82) is 0 Å². The average molecular weight is 415 g/mol. The Morgan fingerprint density at radius 3 is 2.52 bits per heavy atom. The maximum absolute atomic E-state index is 13.2. The molecule has 1 saturated heterocycles. The molecule has 0 aromatic heterocycles. The van der Waals surface area contributed by atoms with E-state index in [4.69, 9.17) is 16.3 Å². The zero-order chi connectivity index (χ0) is 20.6. The Kier molecular flexibility index (Phi) is 7.67. The van der Waals surface area contributed by atoms with Crippen LogP contribution in [-0.2, 0) is 20.9 Å². The van der Waals surface area contributed by atoms with Crippen molar-refractivity contribution in [3.63, 3.8) is 0 Å². The summed E-state index contributed by atoms with van der Waals surface area (Å²) in [7, 11) is 0. The van der Waals surface area contributed by atoms with Crippen LogP contribution in [0.1, 0.15) is 43.4 Å². The third-order valence-electron chi connectivity index (χ3n) is 5.09. The van der Waals surface area contributed by atoms with Gasteiger partial charge >= 0.3 is 0 Å². The topological polar surface area (TPSA) is 58.6 Å². The Labute approximate surface area is 177 Å². The quantitative estimate of drug-likeness (QED) is 0.707. The van der Waals surface area contributed by atoms with E-state index in [1.165, 1.54) is 0 Å². The molecule has 6 heteroatoms. The van der Waals surface area contributed by atoms with Gasteiger partial charge in [0.1, 0.15) is 6.04 Å². The third-order valence-corrected chi connectivity index (χ3v) is 5.34. The minimum Gasteiger partial charge on any atom is -0.376 e. The third kappa shape index (κ3) is 5.81. The van der Waals surface area contributed by atoms with Crippen molar-refractivity contribution in [3.05, 3.63) is 70.7 Å². The van der Waals surface area contributed by atoms with Crippen molar-refractivity contribution in [2.75, 3.05) is 13.2 Å². The molecule has 1 heterocycles. The number of hydrogen-bond donors (Lipinski definition) is 1. The number of benzene rings is 2. The number of halogens is 1. The van der Waals surface area contributed by atoms with Gasteiger partial charge in [-0.15, -0.1) is 0 Å². The molecular weight excluding hydrogens is 388 g/mol. The van der Waals surface area contributed by atoms with Crippen LogP contribution in [-0.4, -0.2) is 36.0 Å². The average Bonchev–Trinajstić information content (AvgIpc) is 3.27. The number of carbonyl (C=O) groups is 2. The van der Waals surface area contributed by atoms with Gasteiger partial charge in [-0.05, 0) is 36.1 Å². The molecule has 0 bridgehead atoms. The molecule has 1 N–H and O–H groups in total. The van der Waals surface area contributed by atoms with E-state index in [2.05, 4.69) is 5.32 Å². The molecule has 0 aliphatic carbocycles. The Bertz CT molecular complexity index is 805. The largest absolute Gasteiger partial charge is 0.376 e. The first kappa shape index (κ1) is 21.3. The van der Waals surface area contributed by atoms with E-state index in [-0.39, 0.29) is 17.9 Å². The SMILES string of the molecule is CCC(=O)N(Cc1ccc(Cl)cc1)[C@@H](C(=O)NC[C@H]1CCCO1)c1ccccc1. The number of rotatable bonds is 8. The van der Waals surface area contributed by atoms with Crippen molar-refractivity contribution in [3.8, 4) is 0 Å². The first-order chi connectivity index (χ1) is 14.1. The van der Waals surface area contributed by atoms with E-state index in [0.717, 1.165) is 30.6 Å². The summed E-state index contributed by atoms with van der Waals surface area (Å²) in [5.41, 5.74) is 1.71. The molecule has 0 saturated carbocycles. The van der Waals surface area contributed by atoms with Gasteiger partial charge in [0.15, 0.2) is 0 Å². The summed E-state index contributed by atoms with van der Waals surface area (Å²) >= 11 is 5.99. The highest BCUT2D eigenvalue weighted by Crippen LogP contribution is 2.25. The van der Waals surface area contributed by atoms with Gasteiger partial charge in [0.25, 0.3) is 0 Å². The van der Waals surface area contributed by atoms with Crippen LogP contribution in [0.15, 0.2) is 54.6 Å². The number of hydrogen-bond acceptors (Lipinski definition) is 3. The molecule has 0 spiro atoms. The second-order valence-electron chi connectivity index (χ2n) is 7.20. The van der Waals surface area contributed by atoms with E-state index < -0.39 is 6.04 Å². The molecule has 3 rings (SSSR count). The van der Waals surface area contributed by atoms with E-state index in [0.29, 0.717) is 24.5 Å². The lowest BCUT2D eigenvalue weighted by Crippen LogP contribution is -2.44. The van der Waals surface area contributed by atoms with E-state index in [1.807, 2.05) is 49.4 Å². The number of ether oxygens (including phenoxy) is 1. The first-order valence-electron chi connectivity index (χ1n) is 10.1. The Morgan fingerprint density at radius 1 is 1.17 bits per heavy atom. The molecule has 1 aliphatic rings. The Hall–Kier alpha value is -2.37. The second-order valence-corrected chi connectivity index (χ2v) is 7.63. The molecule has 29 heavy (non-hydrogen) atoms. The van der Waals surface area contributed by atoms with Crippen LogP contribution in [0.3, 0.4) is 0 Å². The number of amides is 2. The highest BCUT2D eigenvalue weighted by molar-refractivity contribution is 6.30. The molecule has 2 amide bonds. The minimum atomic E-state index is -0.708. The molecule has 0 radical (unpaired) electrons. The van der Waals surface area contributed by atoms with Crippen LogP contribution >= 0.6 is 11.6 Å². The molecule has 5 nitrogen and oxygen atoms in total. The zero-order valence-corrected chi connectivity index (χ0v) is 17.4. The fourth-order valence-corrected chi connectivity index (χ4v) is 3.66. The molecule has 2 atom stereocenters. The molecule has 2 aromatic carbocycles. The second kappa shape index (κ2) is 10.4. The van der Waals surface area contributed by atoms with Crippen molar-refractivity contribution >= 4 is 23.4 Å². The summed E-state index contributed by atoms with van der Waals surface area (Å²) in [5, 5.41) is 3.63. The smallest absolute Gasteiger partial charge is 0.247 e. The molecular formula is C23H27ClN2O3. The van der Waals surface area contributed by atoms with Crippen LogP contribution in [0.25, 0.3) is 0 Å². The maximum atomic E-state index is 13.2. The van der Waals surface area contributed by atoms with Crippen molar-refractivity contribution < 1.29 is 14.3 Å². The summed E-state index contributed by atoms with van der Waals surface area (Å²) in [6, 6.07) is 16.1. The summed E-state index contributed by atoms with van der Waals surface area (Å²) in [6.07, 6.45) is 2.32. The lowest BCUT2D eigenvalue weighted by Gasteiger charge is -2.31. The summed E-state index contributed by atoms with van der Waals surface area (Å²) in [6.45, 7) is 3.33. The first-order valence-corrected chi connectivity index (χ1v) is 10.4. The van der Waals surface area contributed by atoms with Gasteiger partial charge in [-0.25, -0.2) is 0 Å². The van der Waals surface area contributed by atoms with Crippen molar-refractivity contribution in [1.82, 2.24) is 10.2 Å². The van der Waals surface area contributed by atoms with Crippen molar-refractivity contribution in [2.45, 2.75) is 44.9 Å². The highest BCUT2D eigenvalue weighted by atomic mass is 35.5. The monoisotopic (exact) mass is 414 g/mol. The molecule has 154 valence electrons. The number of nitrogens with zero attached hydrogens (tertiary/aromatic N) is 1. The van der Waals surface area contributed by atoms with Gasteiger partial charge in [-0.1, -0.05) is 61.0 Å². The van der Waals surface area contributed by atoms with Gasteiger partial charge < -0.3 is 15.0 Å². The van der Waals surface area contributed by atoms with Gasteiger partial charge in [-0.2, -0.15) is 0 Å². The normalized spacial score (nSPS) is 17.0. The van der Waals surface area contributed by atoms with E-state index in [1.54, 1.807) is 17.0 Å². The van der Waals surface area contributed by atoms with Crippen molar-refractivity contribution in [2.24, 2.45) is 0 Å². The van der Waals surface area contributed by atoms with E-state index in [9.17, 15) is 9.59 Å². The minimum absolute atomic E-state index is 0.0435. The lowest BCUT2D eigenvalue weighted by atomic mass is 10.0. The molecule has 1 aliphatic heterocycles. The predicted octanol–water partition coefficient (Wildman–Crippen LogP) is 4.12. The zero-order valence-electron chi connectivity index (χ0n) is 16.6. The van der Waals surface area contributed by atoms with Crippen LogP contribution in [0.4, 0.5) is 0 Å². The van der Waals surface area contributed by atoms with Gasteiger partial charge in [-0.3, -0.25) is 9.59 Å². The van der Waals surface area contributed by atoms with E-state index >= 15 is 0 Å². The standard InChI is InChI=1S/C23H27ClN2O3/c1-2-21(27)26(16-17-10-12-19(24)13-11-17)22(18-7-4-3-5-8-18)23(28)25-15-20-9-6-14-29-20/h3-5,7-8,10-13,20,22H,2,6,9,14-16H2,1H3,(H,25,28)/t20-,22-/m1/s1. The number of carbonyl (C=O) groups excluding carboxylic acids is 2. The predicted molar refractivity (Wildman–Crippen MR) is 113 cm³/mol. The molecule has 0 unspecified atom stereocenters. The molecule has 1 fully saturated rings. The molecule has 2 aromatic rings. The Balaban J connectivity index is 1.86. The van der Waals surface area contributed by atoms with Crippen LogP contribution in [0, 0.1) is 0 Å². The summed E-state index contributed by atoms with van der Waals surface area (Å²) in [5.74, 6) is -0.275. The van der Waals surface area contributed by atoms with Crippen LogP contribution in [0.2, 0.25) is 5.02 Å². The van der Waals surface area contributed by atoms with Crippen LogP contribution in [0.5, 0.6) is 0 Å². The fourth-order valence-electron chi connectivity index (χ4n) is 3.54. The van der Waals surface area contributed by atoms with Gasteiger partial charge in [0.2, 0.25) is 11.8 Å². The number of nitrogens with one attached hydrogen (secondary N) is 1. The van der Waals surface area contributed by atoms with Gasteiger partial charge in [0, 0.05) is 31.1 Å². The fraction of sp³-hybridized carbons (Fsp3) is 0.391. The maximum Gasteiger partial charge on any atom is 0.247 e. The van der Waals surface area contributed by atoms with Gasteiger partial charge in [0.05, 0.1) is 6.10 Å². The van der Waals surface area contributed by atoms with Crippen LogP contribution < -0.4 is 5.32 Å². The summed E-state index contributed by atoms with van der Waals surface area (Å²) in [4.78, 5) is 27.7. The summed E-state index contributed by atoms with van der Waals surface area (Å²) < 4.78 is 5.62.